The molecule has 20 heavy (non-hydrogen) atoms. The minimum absolute atomic E-state index is 0.0919. The zero-order valence-corrected chi connectivity index (χ0v) is 13.2. The van der Waals surface area contributed by atoms with Crippen LogP contribution in [-0.4, -0.2) is 50.2 Å². The van der Waals surface area contributed by atoms with E-state index in [1.165, 1.54) is 0 Å². The van der Waals surface area contributed by atoms with Crippen LogP contribution in [0.1, 0.15) is 12.0 Å². The fourth-order valence-corrected chi connectivity index (χ4v) is 2.47. The van der Waals surface area contributed by atoms with E-state index in [2.05, 4.69) is 26.1 Å². The van der Waals surface area contributed by atoms with E-state index < -0.39 is 0 Å². The third kappa shape index (κ3) is 5.61. The van der Waals surface area contributed by atoms with E-state index in [1.54, 1.807) is 0 Å². The molecule has 0 bridgehead atoms. The lowest BCUT2D eigenvalue weighted by Gasteiger charge is -2.26. The Morgan fingerprint density at radius 1 is 1.25 bits per heavy atom. The van der Waals surface area contributed by atoms with Crippen LogP contribution < -0.4 is 5.32 Å². The molecule has 0 spiro atoms. The summed E-state index contributed by atoms with van der Waals surface area (Å²) in [4.78, 5) is 14.2. The number of amides is 1. The number of nitrogens with zero attached hydrogens (tertiary/aromatic N) is 1. The van der Waals surface area contributed by atoms with Crippen molar-refractivity contribution in [2.75, 3.05) is 39.4 Å². The Labute approximate surface area is 128 Å². The molecule has 0 aromatic heterocycles. The summed E-state index contributed by atoms with van der Waals surface area (Å²) in [5, 5.41) is 2.98. The maximum absolute atomic E-state index is 11.8. The number of nitrogens with one attached hydrogen (secondary N) is 1. The number of morpholine rings is 1. The van der Waals surface area contributed by atoms with E-state index in [4.69, 9.17) is 4.74 Å². The normalized spacial score (nSPS) is 16.1. The average molecular weight is 341 g/mol. The number of rotatable bonds is 6. The van der Waals surface area contributed by atoms with E-state index in [1.807, 2.05) is 24.3 Å². The van der Waals surface area contributed by atoms with E-state index in [0.717, 1.165) is 55.8 Å². The number of ether oxygens (including phenoxy) is 1. The molecule has 2 rings (SSSR count). The van der Waals surface area contributed by atoms with Gasteiger partial charge in [-0.3, -0.25) is 9.69 Å². The van der Waals surface area contributed by atoms with Crippen LogP contribution in [0.25, 0.3) is 0 Å². The van der Waals surface area contributed by atoms with Gasteiger partial charge in [0.25, 0.3) is 0 Å². The number of halogens is 1. The lowest BCUT2D eigenvalue weighted by molar-refractivity contribution is -0.120. The van der Waals surface area contributed by atoms with E-state index in [9.17, 15) is 4.79 Å². The highest BCUT2D eigenvalue weighted by atomic mass is 79.9. The van der Waals surface area contributed by atoms with Gasteiger partial charge in [0.1, 0.15) is 0 Å². The molecule has 1 heterocycles. The van der Waals surface area contributed by atoms with Crippen molar-refractivity contribution in [3.05, 3.63) is 34.3 Å². The Morgan fingerprint density at radius 2 is 1.95 bits per heavy atom. The first-order chi connectivity index (χ1) is 9.74. The molecule has 0 aliphatic carbocycles. The Bertz CT molecular complexity index is 416. The quantitative estimate of drug-likeness (QED) is 0.803. The van der Waals surface area contributed by atoms with Crippen LogP contribution in [0.5, 0.6) is 0 Å². The van der Waals surface area contributed by atoms with Crippen LogP contribution >= 0.6 is 15.9 Å². The molecule has 0 unspecified atom stereocenters. The topological polar surface area (TPSA) is 41.6 Å². The Morgan fingerprint density at radius 3 is 2.65 bits per heavy atom. The molecule has 5 heteroatoms. The van der Waals surface area contributed by atoms with Gasteiger partial charge in [0.15, 0.2) is 0 Å². The van der Waals surface area contributed by atoms with Gasteiger partial charge in [0.2, 0.25) is 5.91 Å². The first kappa shape index (κ1) is 15.5. The van der Waals surface area contributed by atoms with Gasteiger partial charge in [0, 0.05) is 24.1 Å². The smallest absolute Gasteiger partial charge is 0.224 e. The molecule has 1 saturated heterocycles. The average Bonchev–Trinajstić information content (AvgIpc) is 2.47. The van der Waals surface area contributed by atoms with Crippen LogP contribution in [0.2, 0.25) is 0 Å². The monoisotopic (exact) mass is 340 g/mol. The van der Waals surface area contributed by atoms with Crippen molar-refractivity contribution in [3.63, 3.8) is 0 Å². The fourth-order valence-electron chi connectivity index (χ4n) is 2.21. The Balaban J connectivity index is 1.59. The molecule has 1 fully saturated rings. The molecule has 0 atom stereocenters. The van der Waals surface area contributed by atoms with Crippen LogP contribution in [0.3, 0.4) is 0 Å². The molecular formula is C15H21BrN2O2. The Kier molecular flexibility index (Phi) is 6.50. The third-order valence-electron chi connectivity index (χ3n) is 3.35. The second-order valence-corrected chi connectivity index (χ2v) is 5.88. The standard InChI is InChI=1S/C15H21BrN2O2/c16-14-4-2-13(3-5-14)12-15(19)17-6-1-7-18-8-10-20-11-9-18/h2-5H,1,6-12H2,(H,17,19). The predicted octanol–water partition coefficient (Wildman–Crippen LogP) is 1.83. The summed E-state index contributed by atoms with van der Waals surface area (Å²) in [6, 6.07) is 7.86. The first-order valence-electron chi connectivity index (χ1n) is 7.05. The molecule has 1 aliphatic heterocycles. The van der Waals surface area contributed by atoms with Crippen molar-refractivity contribution in [2.45, 2.75) is 12.8 Å². The van der Waals surface area contributed by atoms with Gasteiger partial charge < -0.3 is 10.1 Å². The van der Waals surface area contributed by atoms with Gasteiger partial charge in [-0.05, 0) is 30.7 Å². The molecule has 0 radical (unpaired) electrons. The van der Waals surface area contributed by atoms with Crippen molar-refractivity contribution in [2.24, 2.45) is 0 Å². The van der Waals surface area contributed by atoms with Crippen molar-refractivity contribution in [1.29, 1.82) is 0 Å². The summed E-state index contributed by atoms with van der Waals surface area (Å²) < 4.78 is 6.34. The molecular weight excluding hydrogens is 320 g/mol. The van der Waals surface area contributed by atoms with Gasteiger partial charge in [0.05, 0.1) is 19.6 Å². The zero-order valence-electron chi connectivity index (χ0n) is 11.6. The maximum Gasteiger partial charge on any atom is 0.224 e. The van der Waals surface area contributed by atoms with Gasteiger partial charge >= 0.3 is 0 Å². The molecule has 1 aromatic carbocycles. The molecule has 1 aromatic rings. The van der Waals surface area contributed by atoms with Crippen LogP contribution in [0, 0.1) is 0 Å². The predicted molar refractivity (Wildman–Crippen MR) is 82.7 cm³/mol. The lowest BCUT2D eigenvalue weighted by Crippen LogP contribution is -2.38. The van der Waals surface area contributed by atoms with E-state index in [0.29, 0.717) is 6.42 Å². The molecule has 1 aliphatic rings. The van der Waals surface area contributed by atoms with Crippen LogP contribution in [-0.2, 0) is 16.0 Å². The summed E-state index contributed by atoms with van der Waals surface area (Å²) in [7, 11) is 0. The molecule has 110 valence electrons. The third-order valence-corrected chi connectivity index (χ3v) is 3.88. The maximum atomic E-state index is 11.8. The summed E-state index contributed by atoms with van der Waals surface area (Å²) in [6.45, 7) is 5.44. The molecule has 1 amide bonds. The summed E-state index contributed by atoms with van der Waals surface area (Å²) >= 11 is 3.39. The number of hydrogen-bond acceptors (Lipinski definition) is 3. The highest BCUT2D eigenvalue weighted by Gasteiger charge is 2.09. The summed E-state index contributed by atoms with van der Waals surface area (Å²) in [5.74, 6) is 0.0919. The second-order valence-electron chi connectivity index (χ2n) is 4.96. The first-order valence-corrected chi connectivity index (χ1v) is 7.84. The van der Waals surface area contributed by atoms with Crippen LogP contribution in [0.15, 0.2) is 28.7 Å². The van der Waals surface area contributed by atoms with Gasteiger partial charge in [-0.15, -0.1) is 0 Å². The second kappa shape index (κ2) is 8.39. The SMILES string of the molecule is O=C(Cc1ccc(Br)cc1)NCCCN1CCOCC1. The van der Waals surface area contributed by atoms with Crippen molar-refractivity contribution < 1.29 is 9.53 Å². The lowest BCUT2D eigenvalue weighted by atomic mass is 10.1. The van der Waals surface area contributed by atoms with E-state index in [-0.39, 0.29) is 5.91 Å². The minimum atomic E-state index is 0.0919. The van der Waals surface area contributed by atoms with Crippen molar-refractivity contribution in [1.82, 2.24) is 10.2 Å². The van der Waals surface area contributed by atoms with Gasteiger partial charge in [-0.25, -0.2) is 0 Å². The molecule has 4 nitrogen and oxygen atoms in total. The zero-order chi connectivity index (χ0) is 14.2. The summed E-state index contributed by atoms with van der Waals surface area (Å²) in [6.07, 6.45) is 1.44. The van der Waals surface area contributed by atoms with E-state index >= 15 is 0 Å². The van der Waals surface area contributed by atoms with Gasteiger partial charge in [-0.2, -0.15) is 0 Å². The highest BCUT2D eigenvalue weighted by Crippen LogP contribution is 2.10. The van der Waals surface area contributed by atoms with Crippen LogP contribution in [0.4, 0.5) is 0 Å². The largest absolute Gasteiger partial charge is 0.379 e. The molecule has 1 N–H and O–H groups in total. The highest BCUT2D eigenvalue weighted by molar-refractivity contribution is 9.10. The molecule has 0 saturated carbocycles. The number of carbonyl (C=O) groups excluding carboxylic acids is 1. The van der Waals surface area contributed by atoms with Crippen molar-refractivity contribution in [3.8, 4) is 0 Å². The number of benzene rings is 1. The Hall–Kier alpha value is -0.910. The fraction of sp³-hybridized carbons (Fsp3) is 0.533. The summed E-state index contributed by atoms with van der Waals surface area (Å²) in [5.41, 5.74) is 1.04. The minimum Gasteiger partial charge on any atom is -0.379 e. The number of carbonyl (C=O) groups is 1. The van der Waals surface area contributed by atoms with Gasteiger partial charge in [-0.1, -0.05) is 28.1 Å². The number of hydrogen-bond donors (Lipinski definition) is 1. The van der Waals surface area contributed by atoms with Crippen molar-refractivity contribution >= 4 is 21.8 Å².